The molecule has 4 nitrogen and oxygen atoms in total. The molecule has 4 rings (SSSR count). The Kier molecular flexibility index (Phi) is 4.30. The zero-order chi connectivity index (χ0) is 17.9. The van der Waals surface area contributed by atoms with Crippen LogP contribution < -0.4 is 0 Å². The quantitative estimate of drug-likeness (QED) is 0.448. The number of fused-ring (bicyclic) bond motifs is 1. The number of rotatable bonds is 4. The lowest BCUT2D eigenvalue weighted by Crippen LogP contribution is -1.98. The van der Waals surface area contributed by atoms with Crippen LogP contribution in [0.1, 0.15) is 5.76 Å². The third-order valence-corrected chi connectivity index (χ3v) is 4.34. The molecule has 0 amide bonds. The lowest BCUT2D eigenvalue weighted by atomic mass is 10.2. The number of halogens is 1. The molecule has 0 unspecified atom stereocenters. The van der Waals surface area contributed by atoms with Gasteiger partial charge in [0, 0.05) is 10.6 Å². The van der Waals surface area contributed by atoms with Crippen LogP contribution in [0.3, 0.4) is 0 Å². The number of allylic oxidation sites excluding steroid dienone is 1. The fourth-order valence-electron chi connectivity index (χ4n) is 2.80. The smallest absolute Gasteiger partial charge is 0.134 e. The van der Waals surface area contributed by atoms with E-state index < -0.39 is 0 Å². The molecule has 0 aliphatic carbocycles. The summed E-state index contributed by atoms with van der Waals surface area (Å²) in [7, 11) is 0. The molecule has 0 aliphatic heterocycles. The maximum absolute atomic E-state index is 9.50. The van der Waals surface area contributed by atoms with Gasteiger partial charge < -0.3 is 8.98 Å². The van der Waals surface area contributed by atoms with Crippen molar-refractivity contribution in [3.05, 3.63) is 83.3 Å². The summed E-state index contributed by atoms with van der Waals surface area (Å²) in [4.78, 5) is 4.36. The lowest BCUT2D eigenvalue weighted by molar-refractivity contribution is 0.571. The molecule has 0 bridgehead atoms. The predicted molar refractivity (Wildman–Crippen MR) is 102 cm³/mol. The Labute approximate surface area is 155 Å². The van der Waals surface area contributed by atoms with E-state index >= 15 is 0 Å². The van der Waals surface area contributed by atoms with Crippen LogP contribution in [0.4, 0.5) is 0 Å². The molecule has 0 atom stereocenters. The molecule has 0 aliphatic rings. The van der Waals surface area contributed by atoms with Gasteiger partial charge in [-0.25, -0.2) is 4.98 Å². The van der Waals surface area contributed by atoms with Crippen LogP contribution in [0.2, 0.25) is 5.02 Å². The summed E-state index contributed by atoms with van der Waals surface area (Å²) < 4.78 is 7.80. The summed E-state index contributed by atoms with van der Waals surface area (Å²) >= 11 is 5.92. The summed E-state index contributed by atoms with van der Waals surface area (Å²) in [5, 5.41) is 10.2. The Bertz CT molecular complexity index is 1130. The molecular weight excluding hydrogens is 346 g/mol. The second-order valence-corrected chi connectivity index (χ2v) is 6.29. The lowest BCUT2D eigenvalue weighted by Gasteiger charge is -2.02. The van der Waals surface area contributed by atoms with Gasteiger partial charge in [0.1, 0.15) is 11.5 Å². The van der Waals surface area contributed by atoms with Crippen molar-refractivity contribution in [3.8, 4) is 17.4 Å². The van der Waals surface area contributed by atoms with Gasteiger partial charge in [-0.15, -0.1) is 0 Å². The van der Waals surface area contributed by atoms with Gasteiger partial charge in [0.15, 0.2) is 0 Å². The van der Waals surface area contributed by atoms with Gasteiger partial charge in [-0.05, 0) is 54.6 Å². The Morgan fingerprint density at radius 2 is 1.92 bits per heavy atom. The maximum atomic E-state index is 9.50. The normalized spacial score (nSPS) is 11.6. The molecule has 126 valence electrons. The molecule has 0 spiro atoms. The molecule has 2 aromatic heterocycles. The van der Waals surface area contributed by atoms with Gasteiger partial charge in [0.2, 0.25) is 0 Å². The van der Waals surface area contributed by atoms with Gasteiger partial charge in [-0.2, -0.15) is 5.26 Å². The monoisotopic (exact) mass is 359 g/mol. The Hall–Kier alpha value is -3.29. The number of hydrogen-bond donors (Lipinski definition) is 0. The van der Waals surface area contributed by atoms with Crippen LogP contribution >= 0.6 is 11.6 Å². The average molecular weight is 360 g/mol. The number of nitriles is 1. The van der Waals surface area contributed by atoms with E-state index in [2.05, 4.69) is 11.1 Å². The highest BCUT2D eigenvalue weighted by atomic mass is 35.5. The number of aromatic nitrogens is 2. The zero-order valence-electron chi connectivity index (χ0n) is 13.8. The van der Waals surface area contributed by atoms with Crippen LogP contribution in [-0.4, -0.2) is 9.55 Å². The van der Waals surface area contributed by atoms with E-state index in [0.29, 0.717) is 22.9 Å². The first-order valence-electron chi connectivity index (χ1n) is 8.09. The molecule has 26 heavy (non-hydrogen) atoms. The molecule has 5 heteroatoms. The first kappa shape index (κ1) is 16.2. The third kappa shape index (κ3) is 3.26. The highest BCUT2D eigenvalue weighted by Crippen LogP contribution is 2.25. The second kappa shape index (κ2) is 6.91. The summed E-state index contributed by atoms with van der Waals surface area (Å²) in [5.41, 5.74) is 3.43. The summed E-state index contributed by atoms with van der Waals surface area (Å²) in [6, 6.07) is 21.3. The van der Waals surface area contributed by atoms with Crippen molar-refractivity contribution in [2.75, 3.05) is 0 Å². The summed E-state index contributed by atoms with van der Waals surface area (Å²) in [6.07, 6.45) is 3.51. The summed E-state index contributed by atoms with van der Waals surface area (Å²) in [6.45, 7) is 0.438. The predicted octanol–water partition coefficient (Wildman–Crippen LogP) is 5.56. The van der Waals surface area contributed by atoms with Crippen molar-refractivity contribution in [2.45, 2.75) is 6.54 Å². The average Bonchev–Trinajstić information content (AvgIpc) is 3.29. The maximum Gasteiger partial charge on any atom is 0.134 e. The number of para-hydroxylation sites is 2. The second-order valence-electron chi connectivity index (χ2n) is 5.85. The SMILES string of the molecule is N#C/C(=C/c1ccc(-c2ccc(Cl)cc2)o1)Cn1cnc2ccccc21. The zero-order valence-corrected chi connectivity index (χ0v) is 14.5. The van der Waals surface area contributed by atoms with E-state index in [-0.39, 0.29) is 0 Å². The van der Waals surface area contributed by atoms with E-state index in [9.17, 15) is 5.26 Å². The van der Waals surface area contributed by atoms with Crippen molar-refractivity contribution < 1.29 is 4.42 Å². The molecule has 0 N–H and O–H groups in total. The molecule has 0 fully saturated rings. The van der Waals surface area contributed by atoms with E-state index in [4.69, 9.17) is 16.0 Å². The van der Waals surface area contributed by atoms with Crippen LogP contribution in [0, 0.1) is 11.3 Å². The van der Waals surface area contributed by atoms with E-state index in [1.165, 1.54) is 0 Å². The van der Waals surface area contributed by atoms with Gasteiger partial charge >= 0.3 is 0 Å². The Morgan fingerprint density at radius 3 is 2.73 bits per heavy atom. The number of imidazole rings is 1. The topological polar surface area (TPSA) is 54.8 Å². The van der Waals surface area contributed by atoms with Gasteiger partial charge in [-0.3, -0.25) is 0 Å². The molecule has 0 saturated carbocycles. The van der Waals surface area contributed by atoms with Gasteiger partial charge in [0.25, 0.3) is 0 Å². The molecule has 2 aromatic carbocycles. The number of furan rings is 1. The van der Waals surface area contributed by atoms with Gasteiger partial charge in [0.05, 0.1) is 35.5 Å². The van der Waals surface area contributed by atoms with Crippen LogP contribution in [0.5, 0.6) is 0 Å². The number of benzene rings is 2. The molecule has 4 aromatic rings. The minimum Gasteiger partial charge on any atom is -0.457 e. The van der Waals surface area contributed by atoms with Gasteiger partial charge in [-0.1, -0.05) is 23.7 Å². The molecule has 0 saturated heterocycles. The van der Waals surface area contributed by atoms with Crippen molar-refractivity contribution in [1.82, 2.24) is 9.55 Å². The minimum absolute atomic E-state index is 0.438. The van der Waals surface area contributed by atoms with Crippen LogP contribution in [0.15, 0.2) is 77.0 Å². The minimum atomic E-state index is 0.438. The van der Waals surface area contributed by atoms with Crippen LogP contribution in [0.25, 0.3) is 28.4 Å². The first-order valence-corrected chi connectivity index (χ1v) is 8.47. The molecule has 2 heterocycles. The largest absolute Gasteiger partial charge is 0.457 e. The van der Waals surface area contributed by atoms with Crippen LogP contribution in [-0.2, 0) is 6.54 Å². The number of hydrogen-bond acceptors (Lipinski definition) is 3. The highest BCUT2D eigenvalue weighted by molar-refractivity contribution is 6.30. The van der Waals surface area contributed by atoms with Crippen molar-refractivity contribution in [3.63, 3.8) is 0 Å². The van der Waals surface area contributed by atoms with E-state index in [1.54, 1.807) is 12.4 Å². The standard InChI is InChI=1S/C21H14ClN3O/c22-17-7-5-16(6-8-17)21-10-9-18(26-21)11-15(12-23)13-25-14-24-19-3-1-2-4-20(19)25/h1-11,14H,13H2/b15-11-. The Balaban J connectivity index is 1.60. The fraction of sp³-hybridized carbons (Fsp3) is 0.0476. The van der Waals surface area contributed by atoms with Crippen molar-refractivity contribution >= 4 is 28.7 Å². The van der Waals surface area contributed by atoms with Crippen molar-refractivity contribution in [1.29, 1.82) is 5.26 Å². The van der Waals surface area contributed by atoms with E-state index in [1.807, 2.05) is 65.2 Å². The highest BCUT2D eigenvalue weighted by Gasteiger charge is 2.07. The van der Waals surface area contributed by atoms with E-state index in [0.717, 1.165) is 22.4 Å². The third-order valence-electron chi connectivity index (χ3n) is 4.08. The fourth-order valence-corrected chi connectivity index (χ4v) is 2.93. The molecular formula is C21H14ClN3O. The molecule has 0 radical (unpaired) electrons. The van der Waals surface area contributed by atoms with Crippen molar-refractivity contribution in [2.24, 2.45) is 0 Å². The Morgan fingerprint density at radius 1 is 1.12 bits per heavy atom. The number of nitrogens with zero attached hydrogens (tertiary/aromatic N) is 3. The first-order chi connectivity index (χ1) is 12.7. The summed E-state index contributed by atoms with van der Waals surface area (Å²) in [5.74, 6) is 1.37.